The molecule has 1 N–H and O–H groups in total. The number of aromatic nitrogens is 4. The molecule has 0 radical (unpaired) electrons. The van der Waals surface area contributed by atoms with Crippen molar-refractivity contribution in [2.45, 2.75) is 25.3 Å². The molecule has 1 aromatic carbocycles. The van der Waals surface area contributed by atoms with Gasteiger partial charge in [-0.25, -0.2) is 9.67 Å². The van der Waals surface area contributed by atoms with Crippen molar-refractivity contribution in [3.8, 4) is 5.75 Å². The number of hydrogen-bond acceptors (Lipinski definition) is 5. The van der Waals surface area contributed by atoms with Crippen molar-refractivity contribution in [2.24, 2.45) is 0 Å². The second-order valence-electron chi connectivity index (χ2n) is 6.28. The normalized spacial score (nSPS) is 15.5. The van der Waals surface area contributed by atoms with Gasteiger partial charge < -0.3 is 14.5 Å². The maximum atomic E-state index is 12.5. The summed E-state index contributed by atoms with van der Waals surface area (Å²) in [6.45, 7) is 1.39. The zero-order valence-electron chi connectivity index (χ0n) is 14.4. The minimum atomic E-state index is -0.200. The molecule has 0 spiro atoms. The molecule has 1 aliphatic rings. The van der Waals surface area contributed by atoms with E-state index in [9.17, 15) is 4.79 Å². The molecule has 0 bridgehead atoms. The third-order valence-electron chi connectivity index (χ3n) is 4.69. The average Bonchev–Trinajstić information content (AvgIpc) is 3.08. The van der Waals surface area contributed by atoms with Crippen LogP contribution in [0.5, 0.6) is 5.75 Å². The number of ether oxygens (including phenoxy) is 2. The first kappa shape index (κ1) is 17.1. The molecule has 0 aliphatic carbocycles. The molecule has 0 atom stereocenters. The van der Waals surface area contributed by atoms with Gasteiger partial charge in [0.2, 0.25) is 0 Å². The van der Waals surface area contributed by atoms with Crippen LogP contribution < -0.4 is 10.3 Å². The number of fused-ring (bicyclic) bond motifs is 1. The van der Waals surface area contributed by atoms with Crippen molar-refractivity contribution in [3.63, 3.8) is 0 Å². The lowest BCUT2D eigenvalue weighted by molar-refractivity contribution is 0.0673. The fourth-order valence-corrected chi connectivity index (χ4v) is 3.56. The lowest BCUT2D eigenvalue weighted by Gasteiger charge is -2.22. The van der Waals surface area contributed by atoms with Gasteiger partial charge in [0.15, 0.2) is 5.65 Å². The van der Waals surface area contributed by atoms with Crippen LogP contribution in [0.2, 0.25) is 5.02 Å². The molecule has 0 saturated carbocycles. The van der Waals surface area contributed by atoms with Gasteiger partial charge in [0.05, 0.1) is 19.3 Å². The van der Waals surface area contributed by atoms with Crippen LogP contribution >= 0.6 is 11.6 Å². The Labute approximate surface area is 154 Å². The Bertz CT molecular complexity index is 992. The van der Waals surface area contributed by atoms with E-state index < -0.39 is 0 Å². The third kappa shape index (κ3) is 3.08. The van der Waals surface area contributed by atoms with Crippen molar-refractivity contribution in [1.29, 1.82) is 0 Å². The van der Waals surface area contributed by atoms with Gasteiger partial charge in [-0.2, -0.15) is 5.10 Å². The van der Waals surface area contributed by atoms with Crippen molar-refractivity contribution in [2.75, 3.05) is 20.3 Å². The van der Waals surface area contributed by atoms with Gasteiger partial charge in [0.25, 0.3) is 5.56 Å². The largest absolute Gasteiger partial charge is 0.496 e. The molecule has 1 saturated heterocycles. The molecule has 136 valence electrons. The minimum Gasteiger partial charge on any atom is -0.496 e. The van der Waals surface area contributed by atoms with Crippen LogP contribution in [-0.4, -0.2) is 40.1 Å². The highest BCUT2D eigenvalue weighted by Crippen LogP contribution is 2.28. The summed E-state index contributed by atoms with van der Waals surface area (Å²) in [6, 6.07) is 5.65. The molecule has 1 aliphatic heterocycles. The summed E-state index contributed by atoms with van der Waals surface area (Å²) in [5.41, 5.74) is 1.19. The fourth-order valence-electron chi connectivity index (χ4n) is 3.33. The quantitative estimate of drug-likeness (QED) is 0.759. The van der Waals surface area contributed by atoms with Crippen LogP contribution in [-0.2, 0) is 11.2 Å². The fraction of sp³-hybridized carbons (Fsp3) is 0.389. The number of rotatable bonds is 4. The highest BCUT2D eigenvalue weighted by molar-refractivity contribution is 6.31. The number of methoxy groups -OCH3 is 1. The summed E-state index contributed by atoms with van der Waals surface area (Å²) in [7, 11) is 1.59. The maximum absolute atomic E-state index is 12.5. The van der Waals surface area contributed by atoms with E-state index in [0.29, 0.717) is 47.3 Å². The lowest BCUT2D eigenvalue weighted by atomic mass is 10.1. The van der Waals surface area contributed by atoms with Crippen LogP contribution in [0.1, 0.15) is 30.3 Å². The van der Waals surface area contributed by atoms with Gasteiger partial charge in [-0.15, -0.1) is 0 Å². The van der Waals surface area contributed by atoms with Crippen molar-refractivity contribution < 1.29 is 9.47 Å². The number of hydrogen-bond donors (Lipinski definition) is 1. The first-order chi connectivity index (χ1) is 12.7. The summed E-state index contributed by atoms with van der Waals surface area (Å²) in [5.74, 6) is 1.20. The number of H-pyrrole nitrogens is 1. The molecular weight excluding hydrogens is 356 g/mol. The summed E-state index contributed by atoms with van der Waals surface area (Å²) in [5, 5.41) is 5.47. The van der Waals surface area contributed by atoms with Crippen molar-refractivity contribution in [1.82, 2.24) is 19.7 Å². The van der Waals surface area contributed by atoms with Gasteiger partial charge in [0.1, 0.15) is 17.0 Å². The van der Waals surface area contributed by atoms with Gasteiger partial charge in [-0.1, -0.05) is 17.7 Å². The Morgan fingerprint density at radius 3 is 2.96 bits per heavy atom. The SMILES string of the molecule is COc1cccc(Cl)c1Cc1nc2c(cnn2C2CCOCC2)c(=O)[nH]1. The molecule has 0 unspecified atom stereocenters. The highest BCUT2D eigenvalue weighted by atomic mass is 35.5. The van der Waals surface area contributed by atoms with E-state index in [-0.39, 0.29) is 11.6 Å². The molecule has 1 fully saturated rings. The first-order valence-corrected chi connectivity index (χ1v) is 8.90. The molecule has 8 heteroatoms. The standard InChI is InChI=1S/C18H19ClN4O3/c1-25-15-4-2-3-14(19)12(15)9-16-21-17-13(18(24)22-16)10-20-23(17)11-5-7-26-8-6-11/h2-4,10-11H,5-9H2,1H3,(H,21,22,24). The molecular formula is C18H19ClN4O3. The second kappa shape index (κ2) is 7.09. The number of halogens is 1. The topological polar surface area (TPSA) is 82.0 Å². The molecule has 0 amide bonds. The van der Waals surface area contributed by atoms with E-state index >= 15 is 0 Å². The molecule has 3 aromatic rings. The predicted octanol–water partition coefficient (Wildman–Crippen LogP) is 2.72. The average molecular weight is 375 g/mol. The number of aromatic amines is 1. The number of benzene rings is 1. The Morgan fingerprint density at radius 2 is 2.19 bits per heavy atom. The number of nitrogens with zero attached hydrogens (tertiary/aromatic N) is 3. The van der Waals surface area contributed by atoms with Gasteiger partial charge >= 0.3 is 0 Å². The van der Waals surface area contributed by atoms with E-state index in [4.69, 9.17) is 21.1 Å². The molecule has 3 heterocycles. The van der Waals surface area contributed by atoms with E-state index in [0.717, 1.165) is 18.4 Å². The Balaban J connectivity index is 1.76. The second-order valence-corrected chi connectivity index (χ2v) is 6.69. The lowest BCUT2D eigenvalue weighted by Crippen LogP contribution is -2.21. The highest BCUT2D eigenvalue weighted by Gasteiger charge is 2.21. The third-order valence-corrected chi connectivity index (χ3v) is 5.04. The van der Waals surface area contributed by atoms with Crippen LogP contribution in [0.4, 0.5) is 0 Å². The van der Waals surface area contributed by atoms with E-state index in [1.807, 2.05) is 16.8 Å². The van der Waals surface area contributed by atoms with Gasteiger partial charge in [0, 0.05) is 30.2 Å². The van der Waals surface area contributed by atoms with Gasteiger partial charge in [-0.05, 0) is 25.0 Å². The summed E-state index contributed by atoms with van der Waals surface area (Å²) >= 11 is 6.32. The van der Waals surface area contributed by atoms with E-state index in [1.165, 1.54) is 0 Å². The monoisotopic (exact) mass is 374 g/mol. The minimum absolute atomic E-state index is 0.193. The van der Waals surface area contributed by atoms with Crippen LogP contribution in [0.3, 0.4) is 0 Å². The van der Waals surface area contributed by atoms with E-state index in [2.05, 4.69) is 15.1 Å². The summed E-state index contributed by atoms with van der Waals surface area (Å²) in [4.78, 5) is 20.0. The summed E-state index contributed by atoms with van der Waals surface area (Å²) < 4.78 is 12.6. The molecule has 7 nitrogen and oxygen atoms in total. The molecule has 4 rings (SSSR count). The van der Waals surface area contributed by atoms with Gasteiger partial charge in [-0.3, -0.25) is 4.79 Å². The molecule has 26 heavy (non-hydrogen) atoms. The summed E-state index contributed by atoms with van der Waals surface area (Å²) in [6.07, 6.45) is 3.67. The zero-order chi connectivity index (χ0) is 18.1. The predicted molar refractivity (Wildman–Crippen MR) is 98.0 cm³/mol. The first-order valence-electron chi connectivity index (χ1n) is 8.53. The van der Waals surface area contributed by atoms with Crippen molar-refractivity contribution >= 4 is 22.6 Å². The van der Waals surface area contributed by atoms with Crippen LogP contribution in [0.15, 0.2) is 29.2 Å². The van der Waals surface area contributed by atoms with Crippen LogP contribution in [0.25, 0.3) is 11.0 Å². The Kier molecular flexibility index (Phi) is 4.65. The van der Waals surface area contributed by atoms with Crippen molar-refractivity contribution in [3.05, 3.63) is 51.2 Å². The Morgan fingerprint density at radius 1 is 1.38 bits per heavy atom. The zero-order valence-corrected chi connectivity index (χ0v) is 15.1. The maximum Gasteiger partial charge on any atom is 0.262 e. The smallest absolute Gasteiger partial charge is 0.262 e. The van der Waals surface area contributed by atoms with Crippen LogP contribution in [0, 0.1) is 0 Å². The Hall–Kier alpha value is -2.38. The number of nitrogens with one attached hydrogen (secondary N) is 1. The van der Waals surface area contributed by atoms with E-state index in [1.54, 1.807) is 19.4 Å². The molecule has 2 aromatic heterocycles.